The van der Waals surface area contributed by atoms with Crippen LogP contribution in [0.4, 0.5) is 8.78 Å². The number of hydrogen-bond donors (Lipinski definition) is 2. The first kappa shape index (κ1) is 10.3. The summed E-state index contributed by atoms with van der Waals surface area (Å²) in [6.45, 7) is 1.56. The molecule has 1 atom stereocenters. The van der Waals surface area contributed by atoms with Crippen LogP contribution in [0.3, 0.4) is 0 Å². The molecule has 1 saturated heterocycles. The van der Waals surface area contributed by atoms with E-state index in [0.29, 0.717) is 25.3 Å². The first-order valence-electron chi connectivity index (χ1n) is 4.68. The van der Waals surface area contributed by atoms with Crippen molar-refractivity contribution in [3.05, 3.63) is 29.3 Å². The summed E-state index contributed by atoms with van der Waals surface area (Å²) < 4.78 is 31.0. The summed E-state index contributed by atoms with van der Waals surface area (Å²) in [5, 5.41) is 12.5. The van der Waals surface area contributed by atoms with Crippen LogP contribution in [-0.2, 0) is 4.74 Å². The van der Waals surface area contributed by atoms with E-state index in [4.69, 9.17) is 4.74 Å². The Labute approximate surface area is 85.7 Å². The summed E-state index contributed by atoms with van der Waals surface area (Å²) in [5.41, 5.74) is 0.327. The highest BCUT2D eigenvalue weighted by molar-refractivity contribution is 5.37. The lowest BCUT2D eigenvalue weighted by Gasteiger charge is -2.24. The largest absolute Gasteiger partial charge is 0.505 e. The lowest BCUT2D eigenvalue weighted by Crippen LogP contribution is -2.34. The molecule has 1 aromatic rings. The molecule has 1 heterocycles. The van der Waals surface area contributed by atoms with Crippen LogP contribution in [0.2, 0.25) is 0 Å². The van der Waals surface area contributed by atoms with Crippen LogP contribution in [0, 0.1) is 11.6 Å². The van der Waals surface area contributed by atoms with E-state index in [2.05, 4.69) is 5.32 Å². The van der Waals surface area contributed by atoms with Gasteiger partial charge >= 0.3 is 0 Å². The molecule has 0 unspecified atom stereocenters. The van der Waals surface area contributed by atoms with Crippen LogP contribution in [0.15, 0.2) is 12.1 Å². The smallest absolute Gasteiger partial charge is 0.200 e. The van der Waals surface area contributed by atoms with Crippen LogP contribution in [0.1, 0.15) is 11.6 Å². The van der Waals surface area contributed by atoms with Gasteiger partial charge in [-0.25, -0.2) is 4.39 Å². The Morgan fingerprint density at radius 1 is 1.40 bits per heavy atom. The Hall–Kier alpha value is -1.20. The fourth-order valence-corrected chi connectivity index (χ4v) is 1.60. The minimum atomic E-state index is -1.21. The van der Waals surface area contributed by atoms with Crippen molar-refractivity contribution in [3.63, 3.8) is 0 Å². The van der Waals surface area contributed by atoms with Gasteiger partial charge in [-0.05, 0) is 6.07 Å². The van der Waals surface area contributed by atoms with Crippen LogP contribution in [-0.4, -0.2) is 24.9 Å². The number of rotatable bonds is 1. The number of aromatic hydroxyl groups is 1. The number of hydrogen-bond acceptors (Lipinski definition) is 3. The highest BCUT2D eigenvalue weighted by Crippen LogP contribution is 2.29. The van der Waals surface area contributed by atoms with Crippen molar-refractivity contribution in [1.29, 1.82) is 0 Å². The molecule has 0 aliphatic carbocycles. The minimum absolute atomic E-state index is 0.283. The number of benzene rings is 1. The van der Waals surface area contributed by atoms with Crippen molar-refractivity contribution in [3.8, 4) is 5.75 Å². The molecule has 0 amide bonds. The maximum absolute atomic E-state index is 13.1. The molecular weight excluding hydrogens is 204 g/mol. The summed E-state index contributed by atoms with van der Waals surface area (Å²) >= 11 is 0. The number of ether oxygens (including phenoxy) is 1. The maximum atomic E-state index is 13.1. The van der Waals surface area contributed by atoms with Crippen LogP contribution >= 0.6 is 0 Å². The molecule has 2 rings (SSSR count). The summed E-state index contributed by atoms with van der Waals surface area (Å²) in [6, 6.07) is 2.08. The Balaban J connectivity index is 2.31. The minimum Gasteiger partial charge on any atom is -0.505 e. The van der Waals surface area contributed by atoms with Gasteiger partial charge in [0.1, 0.15) is 0 Å². The van der Waals surface area contributed by atoms with Crippen molar-refractivity contribution < 1.29 is 18.6 Å². The number of halogens is 2. The SMILES string of the molecule is Oc1c([C@@H]2COCCN2)ccc(F)c1F. The van der Waals surface area contributed by atoms with Gasteiger partial charge in [-0.2, -0.15) is 4.39 Å². The van der Waals surface area contributed by atoms with Gasteiger partial charge in [-0.15, -0.1) is 0 Å². The van der Waals surface area contributed by atoms with Crippen LogP contribution in [0.25, 0.3) is 0 Å². The number of morpholine rings is 1. The third kappa shape index (κ3) is 1.93. The van der Waals surface area contributed by atoms with Gasteiger partial charge in [0.2, 0.25) is 5.82 Å². The normalized spacial score (nSPS) is 21.6. The Morgan fingerprint density at radius 2 is 2.20 bits per heavy atom. The second-order valence-electron chi connectivity index (χ2n) is 3.38. The van der Waals surface area contributed by atoms with E-state index in [0.717, 1.165) is 6.07 Å². The molecule has 0 aromatic heterocycles. The van der Waals surface area contributed by atoms with E-state index in [1.807, 2.05) is 0 Å². The van der Waals surface area contributed by atoms with Crippen molar-refractivity contribution in [2.24, 2.45) is 0 Å². The molecule has 15 heavy (non-hydrogen) atoms. The van der Waals surface area contributed by atoms with Crippen molar-refractivity contribution in [2.75, 3.05) is 19.8 Å². The molecule has 1 aromatic carbocycles. The Kier molecular flexibility index (Phi) is 2.83. The van der Waals surface area contributed by atoms with Crippen LogP contribution in [0.5, 0.6) is 5.75 Å². The highest BCUT2D eigenvalue weighted by atomic mass is 19.2. The molecular formula is C10H11F2NO2. The number of nitrogens with one attached hydrogen (secondary N) is 1. The zero-order valence-corrected chi connectivity index (χ0v) is 7.96. The molecule has 0 bridgehead atoms. The Morgan fingerprint density at radius 3 is 2.87 bits per heavy atom. The quantitative estimate of drug-likeness (QED) is 0.742. The lowest BCUT2D eigenvalue weighted by molar-refractivity contribution is 0.0758. The predicted octanol–water partition coefficient (Wildman–Crippen LogP) is 1.33. The van der Waals surface area contributed by atoms with E-state index in [9.17, 15) is 13.9 Å². The van der Waals surface area contributed by atoms with Crippen molar-refractivity contribution in [1.82, 2.24) is 5.32 Å². The summed E-state index contributed by atoms with van der Waals surface area (Å²) in [6.07, 6.45) is 0. The van der Waals surface area contributed by atoms with Crippen LogP contribution < -0.4 is 5.32 Å². The van der Waals surface area contributed by atoms with E-state index in [1.165, 1.54) is 6.07 Å². The lowest BCUT2D eigenvalue weighted by atomic mass is 10.1. The van der Waals surface area contributed by atoms with Gasteiger partial charge in [0.15, 0.2) is 11.6 Å². The summed E-state index contributed by atoms with van der Waals surface area (Å²) in [7, 11) is 0. The first-order chi connectivity index (χ1) is 7.20. The molecule has 1 aliphatic heterocycles. The molecule has 0 radical (unpaired) electrons. The zero-order valence-electron chi connectivity index (χ0n) is 7.96. The molecule has 2 N–H and O–H groups in total. The standard InChI is InChI=1S/C10H11F2NO2/c11-7-2-1-6(10(14)9(7)12)8-5-15-4-3-13-8/h1-2,8,13-14H,3-5H2/t8-/m0/s1. The third-order valence-corrected chi connectivity index (χ3v) is 2.40. The Bertz CT molecular complexity index is 365. The van der Waals surface area contributed by atoms with Crippen molar-refractivity contribution >= 4 is 0 Å². The van der Waals surface area contributed by atoms with E-state index >= 15 is 0 Å². The van der Waals surface area contributed by atoms with E-state index in [-0.39, 0.29) is 6.04 Å². The first-order valence-corrected chi connectivity index (χ1v) is 4.68. The molecule has 0 spiro atoms. The van der Waals surface area contributed by atoms with E-state index < -0.39 is 17.4 Å². The molecule has 3 nitrogen and oxygen atoms in total. The molecule has 5 heteroatoms. The molecule has 1 fully saturated rings. The van der Waals surface area contributed by atoms with Gasteiger partial charge in [0, 0.05) is 12.1 Å². The second-order valence-corrected chi connectivity index (χ2v) is 3.38. The van der Waals surface area contributed by atoms with Gasteiger partial charge in [0.25, 0.3) is 0 Å². The second kappa shape index (κ2) is 4.12. The fraction of sp³-hybridized carbons (Fsp3) is 0.400. The van der Waals surface area contributed by atoms with E-state index in [1.54, 1.807) is 0 Å². The molecule has 1 aliphatic rings. The monoisotopic (exact) mass is 215 g/mol. The number of phenolic OH excluding ortho intramolecular Hbond substituents is 1. The summed E-state index contributed by atoms with van der Waals surface area (Å²) in [5.74, 6) is -2.90. The third-order valence-electron chi connectivity index (χ3n) is 2.40. The fourth-order valence-electron chi connectivity index (χ4n) is 1.60. The predicted molar refractivity (Wildman–Crippen MR) is 49.6 cm³/mol. The molecule has 82 valence electrons. The number of phenols is 1. The van der Waals surface area contributed by atoms with Gasteiger partial charge < -0.3 is 15.2 Å². The van der Waals surface area contributed by atoms with Gasteiger partial charge in [-0.3, -0.25) is 0 Å². The topological polar surface area (TPSA) is 41.5 Å². The van der Waals surface area contributed by atoms with Gasteiger partial charge in [-0.1, -0.05) is 6.07 Å². The summed E-state index contributed by atoms with van der Waals surface area (Å²) in [4.78, 5) is 0. The average Bonchev–Trinajstić information content (AvgIpc) is 2.27. The maximum Gasteiger partial charge on any atom is 0.200 e. The average molecular weight is 215 g/mol. The molecule has 0 saturated carbocycles. The highest BCUT2D eigenvalue weighted by Gasteiger charge is 2.21. The zero-order chi connectivity index (χ0) is 10.8. The van der Waals surface area contributed by atoms with Gasteiger partial charge in [0.05, 0.1) is 19.3 Å². The van der Waals surface area contributed by atoms with Crippen molar-refractivity contribution in [2.45, 2.75) is 6.04 Å².